The van der Waals surface area contributed by atoms with Gasteiger partial charge in [0.05, 0.1) is 12.7 Å². The Morgan fingerprint density at radius 2 is 2.23 bits per heavy atom. The molecule has 0 aromatic heterocycles. The molecule has 3 unspecified atom stereocenters. The Balaban J connectivity index is 2.54. The first-order chi connectivity index (χ1) is 5.92. The van der Waals surface area contributed by atoms with Gasteiger partial charge in [-0.2, -0.15) is 0 Å². The first-order valence-corrected chi connectivity index (χ1v) is 5.45. The Morgan fingerprint density at radius 3 is 2.69 bits per heavy atom. The fourth-order valence-electron chi connectivity index (χ4n) is 1.37. The maximum absolute atomic E-state index is 10.5. The summed E-state index contributed by atoms with van der Waals surface area (Å²) in [7, 11) is -2.73. The molecule has 6 nitrogen and oxygen atoms in total. The van der Waals surface area contributed by atoms with Crippen LogP contribution in [-0.2, 0) is 13.8 Å². The smallest absolute Gasteiger partial charge is 0.394 e. The molecule has 0 aromatic carbocycles. The summed E-state index contributed by atoms with van der Waals surface area (Å²) < 4.78 is 20.1. The normalized spacial score (nSPS) is 35.2. The van der Waals surface area contributed by atoms with Crippen LogP contribution in [0.15, 0.2) is 0 Å². The summed E-state index contributed by atoms with van der Waals surface area (Å²) in [6.45, 7) is -0.297. The van der Waals surface area contributed by atoms with E-state index >= 15 is 0 Å². The third kappa shape index (κ3) is 3.38. The van der Waals surface area contributed by atoms with Gasteiger partial charge in [0.25, 0.3) is 0 Å². The molecule has 1 rings (SSSR count). The molecule has 0 saturated carbocycles. The molecule has 8 heteroatoms. The summed E-state index contributed by atoms with van der Waals surface area (Å²) in [5.41, 5.74) is 0. The SMILES string of the molecule is BC1CC(OP(=O)(O)O)C(CO)O1. The molecule has 76 valence electrons. The van der Waals surface area contributed by atoms with Crippen molar-refractivity contribution in [3.8, 4) is 0 Å². The van der Waals surface area contributed by atoms with Crippen molar-refractivity contribution in [2.24, 2.45) is 0 Å². The molecule has 3 N–H and O–H groups in total. The van der Waals surface area contributed by atoms with Crippen LogP contribution in [0.3, 0.4) is 0 Å². The molecule has 3 atom stereocenters. The second kappa shape index (κ2) is 4.08. The average Bonchev–Trinajstić information content (AvgIpc) is 2.27. The number of aliphatic hydroxyl groups is 1. The molecule has 0 spiro atoms. The maximum atomic E-state index is 10.5. The Labute approximate surface area is 76.5 Å². The highest BCUT2D eigenvalue weighted by Gasteiger charge is 2.37. The highest BCUT2D eigenvalue weighted by Crippen LogP contribution is 2.41. The van der Waals surface area contributed by atoms with Crippen molar-refractivity contribution in [1.29, 1.82) is 0 Å². The van der Waals surface area contributed by atoms with E-state index in [-0.39, 0.29) is 12.6 Å². The van der Waals surface area contributed by atoms with Crippen LogP contribution < -0.4 is 0 Å². The number of hydrogen-bond acceptors (Lipinski definition) is 4. The van der Waals surface area contributed by atoms with E-state index < -0.39 is 20.0 Å². The lowest BCUT2D eigenvalue weighted by Crippen LogP contribution is -2.26. The summed E-state index contributed by atoms with van der Waals surface area (Å²) in [4.78, 5) is 17.1. The van der Waals surface area contributed by atoms with Gasteiger partial charge in [0.15, 0.2) is 0 Å². The van der Waals surface area contributed by atoms with Gasteiger partial charge >= 0.3 is 7.82 Å². The minimum atomic E-state index is -4.48. The van der Waals surface area contributed by atoms with E-state index in [1.54, 1.807) is 7.85 Å². The Morgan fingerprint density at radius 1 is 1.62 bits per heavy atom. The zero-order chi connectivity index (χ0) is 10.1. The van der Waals surface area contributed by atoms with Crippen molar-refractivity contribution >= 4 is 15.7 Å². The Kier molecular flexibility index (Phi) is 3.51. The molecule has 0 radical (unpaired) electrons. The Hall–Kier alpha value is 0.0949. The zero-order valence-corrected chi connectivity index (χ0v) is 8.05. The fraction of sp³-hybridized carbons (Fsp3) is 1.00. The molecule has 0 amide bonds. The quantitative estimate of drug-likeness (QED) is 0.375. The van der Waals surface area contributed by atoms with E-state index in [4.69, 9.17) is 19.6 Å². The molecule has 1 saturated heterocycles. The number of phosphoric ester groups is 1. The Bertz CT molecular complexity index is 217. The predicted octanol–water partition coefficient (Wildman–Crippen LogP) is -1.80. The van der Waals surface area contributed by atoms with Crippen molar-refractivity contribution in [2.75, 3.05) is 6.61 Å². The van der Waals surface area contributed by atoms with Gasteiger partial charge in [-0.15, -0.1) is 0 Å². The van der Waals surface area contributed by atoms with E-state index in [2.05, 4.69) is 4.52 Å². The van der Waals surface area contributed by atoms with Crippen molar-refractivity contribution in [3.63, 3.8) is 0 Å². The van der Waals surface area contributed by atoms with Crippen molar-refractivity contribution in [2.45, 2.75) is 24.6 Å². The number of aliphatic hydroxyl groups excluding tert-OH is 1. The number of rotatable bonds is 3. The molecular formula is C5H12BO6P. The largest absolute Gasteiger partial charge is 0.469 e. The lowest BCUT2D eigenvalue weighted by atomic mass is 9.96. The monoisotopic (exact) mass is 210 g/mol. The molecular weight excluding hydrogens is 198 g/mol. The second-order valence-corrected chi connectivity index (χ2v) is 4.23. The van der Waals surface area contributed by atoms with Gasteiger partial charge in [0.2, 0.25) is 0 Å². The van der Waals surface area contributed by atoms with Crippen LogP contribution >= 0.6 is 7.82 Å². The van der Waals surface area contributed by atoms with Gasteiger partial charge in [-0.1, -0.05) is 0 Å². The molecule has 1 aliphatic heterocycles. The van der Waals surface area contributed by atoms with Crippen LogP contribution in [0.25, 0.3) is 0 Å². The summed E-state index contributed by atoms with van der Waals surface area (Å²) >= 11 is 0. The van der Waals surface area contributed by atoms with Gasteiger partial charge < -0.3 is 19.6 Å². The minimum Gasteiger partial charge on any atom is -0.394 e. The predicted molar refractivity (Wildman–Crippen MR) is 45.8 cm³/mol. The lowest BCUT2D eigenvalue weighted by molar-refractivity contribution is -0.00426. The molecule has 1 fully saturated rings. The summed E-state index contributed by atoms with van der Waals surface area (Å²) in [6, 6.07) is -0.145. The van der Waals surface area contributed by atoms with E-state index in [9.17, 15) is 4.57 Å². The molecule has 0 aliphatic carbocycles. The lowest BCUT2D eigenvalue weighted by Gasteiger charge is -2.16. The third-order valence-electron chi connectivity index (χ3n) is 1.84. The molecule has 1 aliphatic rings. The second-order valence-electron chi connectivity index (χ2n) is 3.04. The number of phosphoric acid groups is 1. The van der Waals surface area contributed by atoms with E-state index in [1.165, 1.54) is 0 Å². The third-order valence-corrected chi connectivity index (χ3v) is 2.38. The average molecular weight is 210 g/mol. The van der Waals surface area contributed by atoms with Crippen molar-refractivity contribution in [3.05, 3.63) is 0 Å². The van der Waals surface area contributed by atoms with Crippen LogP contribution in [0.1, 0.15) is 6.42 Å². The first-order valence-electron chi connectivity index (χ1n) is 3.92. The van der Waals surface area contributed by atoms with Crippen molar-refractivity contribution in [1.82, 2.24) is 0 Å². The van der Waals surface area contributed by atoms with Gasteiger partial charge in [0.1, 0.15) is 14.0 Å². The van der Waals surface area contributed by atoms with Crippen LogP contribution in [0.2, 0.25) is 0 Å². The summed E-state index contributed by atoms with van der Waals surface area (Å²) in [5, 5.41) is 8.79. The standard InChI is InChI=1S/C5H12BO6P/c6-5-1-3(4(2-7)11-5)12-13(8,9)10/h3-5,7H,1-2,6H2,(H2,8,9,10). The van der Waals surface area contributed by atoms with Gasteiger partial charge in [-0.05, 0) is 6.42 Å². The van der Waals surface area contributed by atoms with Gasteiger partial charge in [0, 0.05) is 6.00 Å². The van der Waals surface area contributed by atoms with E-state index in [0.717, 1.165) is 0 Å². The van der Waals surface area contributed by atoms with Crippen LogP contribution in [0, 0.1) is 0 Å². The number of hydrogen-bond donors (Lipinski definition) is 3. The molecule has 13 heavy (non-hydrogen) atoms. The van der Waals surface area contributed by atoms with Crippen LogP contribution in [0.5, 0.6) is 0 Å². The van der Waals surface area contributed by atoms with Crippen LogP contribution in [-0.4, -0.2) is 47.6 Å². The molecule has 0 bridgehead atoms. The summed E-state index contributed by atoms with van der Waals surface area (Å²) in [6.07, 6.45) is -0.973. The van der Waals surface area contributed by atoms with E-state index in [0.29, 0.717) is 6.42 Å². The molecule has 1 heterocycles. The highest BCUT2D eigenvalue weighted by atomic mass is 31.2. The molecule has 0 aromatic rings. The van der Waals surface area contributed by atoms with Gasteiger partial charge in [-0.3, -0.25) is 4.52 Å². The van der Waals surface area contributed by atoms with Gasteiger partial charge in [-0.25, -0.2) is 4.57 Å². The van der Waals surface area contributed by atoms with Crippen LogP contribution in [0.4, 0.5) is 0 Å². The maximum Gasteiger partial charge on any atom is 0.469 e. The minimum absolute atomic E-state index is 0.145. The first kappa shape index (κ1) is 11.2. The summed E-state index contributed by atoms with van der Waals surface area (Å²) in [5.74, 6) is 0. The van der Waals surface area contributed by atoms with E-state index in [1.807, 2.05) is 0 Å². The highest BCUT2D eigenvalue weighted by molar-refractivity contribution is 7.46. The van der Waals surface area contributed by atoms with Crippen molar-refractivity contribution < 1.29 is 28.7 Å². The zero-order valence-electron chi connectivity index (χ0n) is 7.16. The topological polar surface area (TPSA) is 96.2 Å². The fourth-order valence-corrected chi connectivity index (χ4v) is 1.94. The number of ether oxygens (including phenoxy) is 1.